The van der Waals surface area contributed by atoms with E-state index in [2.05, 4.69) is 57.8 Å². The molecule has 3 nitrogen and oxygen atoms in total. The van der Waals surface area contributed by atoms with Crippen molar-refractivity contribution in [2.24, 2.45) is 11.1 Å². The SMILES string of the molecule is CC(N(C)c1nc2ccccc2cc1CN)C(C)(C)C. The second kappa shape index (κ2) is 5.41. The van der Waals surface area contributed by atoms with E-state index in [1.54, 1.807) is 0 Å². The van der Waals surface area contributed by atoms with Gasteiger partial charge in [-0.15, -0.1) is 0 Å². The van der Waals surface area contributed by atoms with Crippen LogP contribution in [0.2, 0.25) is 0 Å². The molecule has 1 aromatic heterocycles. The number of benzene rings is 1. The molecular weight excluding hydrogens is 246 g/mol. The number of nitrogens with two attached hydrogens (primary N) is 1. The third kappa shape index (κ3) is 2.78. The second-order valence-corrected chi connectivity index (χ2v) is 6.52. The van der Waals surface area contributed by atoms with Crippen LogP contribution in [0.1, 0.15) is 33.3 Å². The molecule has 0 aliphatic rings. The Bertz CT molecular complexity index is 599. The standard InChI is InChI=1S/C17H25N3/c1-12(17(2,3)4)20(5)16-14(11-18)10-13-8-6-7-9-15(13)19-16/h6-10,12H,11,18H2,1-5H3. The minimum absolute atomic E-state index is 0.188. The van der Waals surface area contributed by atoms with E-state index in [9.17, 15) is 0 Å². The Hall–Kier alpha value is -1.61. The van der Waals surface area contributed by atoms with Gasteiger partial charge in [0.1, 0.15) is 5.82 Å². The van der Waals surface area contributed by atoms with Crippen LogP contribution in [0.4, 0.5) is 5.82 Å². The summed E-state index contributed by atoms with van der Waals surface area (Å²) in [5, 5.41) is 1.15. The van der Waals surface area contributed by atoms with Crippen molar-refractivity contribution in [3.63, 3.8) is 0 Å². The fourth-order valence-corrected chi connectivity index (χ4v) is 2.37. The highest BCUT2D eigenvalue weighted by Crippen LogP contribution is 2.29. The molecule has 0 fully saturated rings. The molecule has 2 N–H and O–H groups in total. The van der Waals surface area contributed by atoms with E-state index in [-0.39, 0.29) is 5.41 Å². The van der Waals surface area contributed by atoms with Gasteiger partial charge in [-0.05, 0) is 24.5 Å². The molecule has 0 spiro atoms. The van der Waals surface area contributed by atoms with Crippen molar-refractivity contribution in [1.82, 2.24) is 4.98 Å². The zero-order valence-electron chi connectivity index (χ0n) is 13.1. The molecule has 2 rings (SSSR count). The van der Waals surface area contributed by atoms with E-state index in [1.165, 1.54) is 0 Å². The van der Waals surface area contributed by atoms with Crippen LogP contribution in [0.15, 0.2) is 30.3 Å². The lowest BCUT2D eigenvalue weighted by atomic mass is 9.87. The molecule has 0 bridgehead atoms. The normalized spacial score (nSPS) is 13.5. The first-order valence-corrected chi connectivity index (χ1v) is 7.16. The quantitative estimate of drug-likeness (QED) is 0.928. The zero-order chi connectivity index (χ0) is 14.9. The van der Waals surface area contributed by atoms with Crippen molar-refractivity contribution in [3.8, 4) is 0 Å². The average molecular weight is 271 g/mol. The van der Waals surface area contributed by atoms with Gasteiger partial charge in [0.25, 0.3) is 0 Å². The van der Waals surface area contributed by atoms with Crippen LogP contribution in [0.25, 0.3) is 10.9 Å². The van der Waals surface area contributed by atoms with Crippen LogP contribution < -0.4 is 10.6 Å². The molecule has 108 valence electrons. The Kier molecular flexibility index (Phi) is 4.00. The maximum absolute atomic E-state index is 5.92. The average Bonchev–Trinajstić information content (AvgIpc) is 2.43. The molecule has 0 radical (unpaired) electrons. The van der Waals surface area contributed by atoms with E-state index in [0.29, 0.717) is 12.6 Å². The summed E-state index contributed by atoms with van der Waals surface area (Å²) in [5.74, 6) is 0.994. The van der Waals surface area contributed by atoms with Gasteiger partial charge >= 0.3 is 0 Å². The molecule has 0 saturated heterocycles. The number of fused-ring (bicyclic) bond motifs is 1. The highest BCUT2D eigenvalue weighted by atomic mass is 15.2. The summed E-state index contributed by atoms with van der Waals surface area (Å²) >= 11 is 0. The third-order valence-electron chi connectivity index (χ3n) is 4.17. The summed E-state index contributed by atoms with van der Waals surface area (Å²) in [5.41, 5.74) is 8.23. The molecule has 1 heterocycles. The lowest BCUT2D eigenvalue weighted by Gasteiger charge is -2.37. The molecule has 2 aromatic rings. The Morgan fingerprint density at radius 1 is 1.25 bits per heavy atom. The van der Waals surface area contributed by atoms with Gasteiger partial charge in [-0.25, -0.2) is 4.98 Å². The van der Waals surface area contributed by atoms with Gasteiger partial charge in [0.05, 0.1) is 5.52 Å². The van der Waals surface area contributed by atoms with Crippen molar-refractivity contribution < 1.29 is 0 Å². The Morgan fingerprint density at radius 2 is 1.90 bits per heavy atom. The highest BCUT2D eigenvalue weighted by Gasteiger charge is 2.26. The van der Waals surface area contributed by atoms with Crippen molar-refractivity contribution in [1.29, 1.82) is 0 Å². The van der Waals surface area contributed by atoms with Crippen molar-refractivity contribution in [2.45, 2.75) is 40.3 Å². The van der Waals surface area contributed by atoms with Gasteiger partial charge in [-0.1, -0.05) is 39.0 Å². The van der Waals surface area contributed by atoms with Crippen molar-refractivity contribution in [2.75, 3.05) is 11.9 Å². The smallest absolute Gasteiger partial charge is 0.133 e. The lowest BCUT2D eigenvalue weighted by Crippen LogP contribution is -2.40. The van der Waals surface area contributed by atoms with E-state index < -0.39 is 0 Å². The first-order chi connectivity index (χ1) is 9.34. The maximum atomic E-state index is 5.92. The summed E-state index contributed by atoms with van der Waals surface area (Å²) in [4.78, 5) is 7.07. The van der Waals surface area contributed by atoms with E-state index in [0.717, 1.165) is 22.3 Å². The van der Waals surface area contributed by atoms with Crippen molar-refractivity contribution >= 4 is 16.7 Å². The Labute approximate surface area is 121 Å². The predicted octanol–water partition coefficient (Wildman–Crippen LogP) is 3.56. The van der Waals surface area contributed by atoms with Gasteiger partial charge < -0.3 is 10.6 Å². The summed E-state index contributed by atoms with van der Waals surface area (Å²) in [7, 11) is 2.10. The van der Waals surface area contributed by atoms with Gasteiger partial charge in [0.2, 0.25) is 0 Å². The lowest BCUT2D eigenvalue weighted by molar-refractivity contribution is 0.328. The summed E-state index contributed by atoms with van der Waals surface area (Å²) in [6, 6.07) is 10.7. The summed E-state index contributed by atoms with van der Waals surface area (Å²) < 4.78 is 0. The first-order valence-electron chi connectivity index (χ1n) is 7.16. The van der Waals surface area contributed by atoms with E-state index in [1.807, 2.05) is 12.1 Å². The highest BCUT2D eigenvalue weighted by molar-refractivity contribution is 5.81. The molecule has 1 unspecified atom stereocenters. The number of nitrogens with zero attached hydrogens (tertiary/aromatic N) is 2. The molecule has 0 aliphatic carbocycles. The Balaban J connectivity index is 2.52. The number of hydrogen-bond acceptors (Lipinski definition) is 3. The van der Waals surface area contributed by atoms with Gasteiger partial charge in [-0.2, -0.15) is 0 Å². The Morgan fingerprint density at radius 3 is 2.50 bits per heavy atom. The minimum atomic E-state index is 0.188. The molecule has 0 amide bonds. The maximum Gasteiger partial charge on any atom is 0.133 e. The van der Waals surface area contributed by atoms with Crippen LogP contribution in [0, 0.1) is 5.41 Å². The molecule has 0 saturated carbocycles. The predicted molar refractivity (Wildman–Crippen MR) is 87.0 cm³/mol. The molecular formula is C17H25N3. The van der Waals surface area contributed by atoms with E-state index in [4.69, 9.17) is 10.7 Å². The topological polar surface area (TPSA) is 42.2 Å². The van der Waals surface area contributed by atoms with E-state index >= 15 is 0 Å². The number of hydrogen-bond donors (Lipinski definition) is 1. The second-order valence-electron chi connectivity index (χ2n) is 6.52. The fraction of sp³-hybridized carbons (Fsp3) is 0.471. The number of anilines is 1. The number of para-hydroxylation sites is 1. The fourth-order valence-electron chi connectivity index (χ4n) is 2.37. The van der Waals surface area contributed by atoms with Gasteiger partial charge in [0.15, 0.2) is 0 Å². The minimum Gasteiger partial charge on any atom is -0.356 e. The molecule has 1 atom stereocenters. The number of aromatic nitrogens is 1. The zero-order valence-corrected chi connectivity index (χ0v) is 13.1. The summed E-state index contributed by atoms with van der Waals surface area (Å²) in [6.07, 6.45) is 0. The monoisotopic (exact) mass is 271 g/mol. The van der Waals surface area contributed by atoms with Crippen LogP contribution in [0.5, 0.6) is 0 Å². The van der Waals surface area contributed by atoms with Crippen LogP contribution >= 0.6 is 0 Å². The van der Waals surface area contributed by atoms with Crippen LogP contribution in [-0.2, 0) is 6.54 Å². The molecule has 1 aromatic carbocycles. The summed E-state index contributed by atoms with van der Waals surface area (Å²) in [6.45, 7) is 9.48. The largest absolute Gasteiger partial charge is 0.356 e. The molecule has 3 heteroatoms. The molecule has 0 aliphatic heterocycles. The van der Waals surface area contributed by atoms with Gasteiger partial charge in [-0.3, -0.25) is 0 Å². The van der Waals surface area contributed by atoms with Crippen LogP contribution in [0.3, 0.4) is 0 Å². The third-order valence-corrected chi connectivity index (χ3v) is 4.17. The first kappa shape index (κ1) is 14.8. The number of pyridine rings is 1. The number of rotatable bonds is 3. The van der Waals surface area contributed by atoms with Crippen molar-refractivity contribution in [3.05, 3.63) is 35.9 Å². The van der Waals surface area contributed by atoms with Gasteiger partial charge in [0, 0.05) is 30.6 Å². The molecule has 20 heavy (non-hydrogen) atoms. The van der Waals surface area contributed by atoms with Crippen LogP contribution in [-0.4, -0.2) is 18.1 Å².